The Bertz CT molecular complexity index is 1530. The number of amides is 1. The number of carboxylic acid groups (broad SMARTS) is 1. The number of ether oxygens (including phenoxy) is 1. The maximum absolute atomic E-state index is 13.2. The van der Waals surface area contributed by atoms with Crippen molar-refractivity contribution in [2.24, 2.45) is 0 Å². The molecule has 3 atom stereocenters. The number of piperidine rings is 1. The number of halogens is 3. The Kier molecular flexibility index (Phi) is 12.5. The van der Waals surface area contributed by atoms with Crippen LogP contribution in [0.2, 0.25) is 0 Å². The molecule has 49 heavy (non-hydrogen) atoms. The van der Waals surface area contributed by atoms with Crippen LogP contribution in [0.3, 0.4) is 0 Å². The van der Waals surface area contributed by atoms with E-state index < -0.39 is 23.8 Å². The Hall–Kier alpha value is -3.91. The number of methoxy groups -OCH3 is 1. The molecule has 1 unspecified atom stereocenters. The van der Waals surface area contributed by atoms with Crippen molar-refractivity contribution in [1.82, 2.24) is 24.7 Å². The quantitative estimate of drug-likeness (QED) is 0.326. The second kappa shape index (κ2) is 16.2. The zero-order valence-electron chi connectivity index (χ0n) is 28.7. The third-order valence-electron chi connectivity index (χ3n) is 9.71. The predicted molar refractivity (Wildman–Crippen MR) is 178 cm³/mol. The standard InChI is InChI=1S/C28H38F3N5O2.C8H8O3/c1-19-16-35(14-15-36(19)24(17-38-5)22-6-8-23(9-7-22)28(29,30)31)27(4)10-12-34(13-11-27)26(37)25-20(2)32-18-33-21(25)3;9-7(8(10)11)6-4-2-1-3-5-6/h6-9,18-19,24H,10-17H2,1-5H3;1-5,7,9H,(H,10,11)/t19-,24-;/m0./s1. The van der Waals surface area contributed by atoms with Gasteiger partial charge in [0, 0.05) is 51.4 Å². The first-order chi connectivity index (χ1) is 23.2. The number of aliphatic carboxylic acids is 1. The summed E-state index contributed by atoms with van der Waals surface area (Å²) in [5.41, 5.74) is 2.58. The van der Waals surface area contributed by atoms with Crippen LogP contribution in [0.4, 0.5) is 13.2 Å². The maximum atomic E-state index is 13.2. The van der Waals surface area contributed by atoms with Gasteiger partial charge in [-0.25, -0.2) is 14.8 Å². The van der Waals surface area contributed by atoms with Crippen LogP contribution in [0.15, 0.2) is 60.9 Å². The number of rotatable bonds is 8. The molecular weight excluding hydrogens is 639 g/mol. The largest absolute Gasteiger partial charge is 0.479 e. The molecule has 3 aromatic rings. The van der Waals surface area contributed by atoms with Crippen molar-refractivity contribution >= 4 is 11.9 Å². The fourth-order valence-electron chi connectivity index (χ4n) is 6.71. The Morgan fingerprint density at radius 1 is 0.959 bits per heavy atom. The van der Waals surface area contributed by atoms with Crippen molar-refractivity contribution in [2.45, 2.75) is 70.4 Å². The molecule has 1 amide bonds. The SMILES string of the molecule is COC[C@@H](c1ccc(C(F)(F)F)cc1)N1CCN(C2(C)CCN(C(=O)c3c(C)ncnc3C)CC2)C[C@@H]1C.O=C(O)C(O)c1ccccc1. The third kappa shape index (κ3) is 9.21. The molecule has 0 aliphatic carbocycles. The number of aryl methyl sites for hydroxylation is 2. The molecule has 2 aromatic carbocycles. The van der Waals surface area contributed by atoms with Crippen LogP contribution in [-0.2, 0) is 15.7 Å². The molecule has 0 saturated carbocycles. The number of alkyl halides is 3. The maximum Gasteiger partial charge on any atom is 0.416 e. The van der Waals surface area contributed by atoms with Gasteiger partial charge in [0.2, 0.25) is 0 Å². The van der Waals surface area contributed by atoms with Gasteiger partial charge in [-0.2, -0.15) is 13.2 Å². The molecule has 2 N–H and O–H groups in total. The summed E-state index contributed by atoms with van der Waals surface area (Å²) in [6.45, 7) is 12.4. The van der Waals surface area contributed by atoms with Crippen molar-refractivity contribution in [3.63, 3.8) is 0 Å². The van der Waals surface area contributed by atoms with Crippen LogP contribution >= 0.6 is 0 Å². The highest BCUT2D eigenvalue weighted by atomic mass is 19.4. The smallest absolute Gasteiger partial charge is 0.416 e. The summed E-state index contributed by atoms with van der Waals surface area (Å²) in [4.78, 5) is 38.7. The van der Waals surface area contributed by atoms with Crippen molar-refractivity contribution in [2.75, 3.05) is 46.4 Å². The minimum Gasteiger partial charge on any atom is -0.479 e. The number of hydrogen-bond acceptors (Lipinski definition) is 8. The molecule has 13 heteroatoms. The van der Waals surface area contributed by atoms with E-state index in [1.165, 1.54) is 6.33 Å². The molecule has 2 saturated heterocycles. The Labute approximate surface area is 285 Å². The summed E-state index contributed by atoms with van der Waals surface area (Å²) in [5, 5.41) is 17.4. The van der Waals surface area contributed by atoms with Crippen molar-refractivity contribution in [1.29, 1.82) is 0 Å². The van der Waals surface area contributed by atoms with Gasteiger partial charge in [0.1, 0.15) is 6.33 Å². The molecule has 266 valence electrons. The van der Waals surface area contributed by atoms with Gasteiger partial charge in [-0.1, -0.05) is 42.5 Å². The summed E-state index contributed by atoms with van der Waals surface area (Å²) in [5.74, 6) is -1.23. The number of aliphatic hydroxyl groups excluding tert-OH is 1. The van der Waals surface area contributed by atoms with E-state index in [1.54, 1.807) is 49.6 Å². The summed E-state index contributed by atoms with van der Waals surface area (Å²) in [7, 11) is 1.62. The van der Waals surface area contributed by atoms with E-state index in [0.29, 0.717) is 42.2 Å². The number of carboxylic acids is 1. The fraction of sp³-hybridized carbons (Fsp3) is 0.500. The topological polar surface area (TPSA) is 119 Å². The lowest BCUT2D eigenvalue weighted by Crippen LogP contribution is -2.62. The lowest BCUT2D eigenvalue weighted by molar-refractivity contribution is -0.147. The van der Waals surface area contributed by atoms with Crippen LogP contribution in [-0.4, -0.2) is 105 Å². The molecule has 0 radical (unpaired) electrons. The second-order valence-corrected chi connectivity index (χ2v) is 13.0. The van der Waals surface area contributed by atoms with Gasteiger partial charge < -0.3 is 19.8 Å². The summed E-state index contributed by atoms with van der Waals surface area (Å²) in [6, 6.07) is 13.8. The van der Waals surface area contributed by atoms with E-state index in [0.717, 1.165) is 50.2 Å². The van der Waals surface area contributed by atoms with E-state index in [2.05, 4.69) is 33.6 Å². The number of benzene rings is 2. The number of carbonyl (C=O) groups excluding carboxylic acids is 1. The minimum atomic E-state index is -4.35. The molecule has 3 heterocycles. The number of piperazine rings is 1. The zero-order chi connectivity index (χ0) is 35.9. The number of nitrogens with zero attached hydrogens (tertiary/aromatic N) is 5. The number of hydrogen-bond donors (Lipinski definition) is 2. The lowest BCUT2D eigenvalue weighted by Gasteiger charge is -2.52. The molecule has 2 aliphatic heterocycles. The molecular formula is C36H46F3N5O5. The highest BCUT2D eigenvalue weighted by molar-refractivity contribution is 5.96. The van der Waals surface area contributed by atoms with Crippen LogP contribution in [0, 0.1) is 13.8 Å². The van der Waals surface area contributed by atoms with E-state index in [4.69, 9.17) is 14.9 Å². The van der Waals surface area contributed by atoms with E-state index in [-0.39, 0.29) is 23.5 Å². The normalized spacial score (nSPS) is 19.8. The van der Waals surface area contributed by atoms with Gasteiger partial charge in [-0.05, 0) is 63.8 Å². The summed E-state index contributed by atoms with van der Waals surface area (Å²) >= 11 is 0. The number of aromatic nitrogens is 2. The van der Waals surface area contributed by atoms with Gasteiger partial charge in [-0.15, -0.1) is 0 Å². The van der Waals surface area contributed by atoms with Crippen LogP contribution in [0.1, 0.15) is 77.3 Å². The van der Waals surface area contributed by atoms with Crippen LogP contribution in [0.25, 0.3) is 0 Å². The minimum absolute atomic E-state index is 0.000198. The first kappa shape index (κ1) is 37.9. The number of aliphatic hydroxyl groups is 1. The average Bonchev–Trinajstić information content (AvgIpc) is 3.07. The molecule has 1 aromatic heterocycles. The molecule has 0 bridgehead atoms. The summed E-state index contributed by atoms with van der Waals surface area (Å²) in [6.07, 6.45) is -2.52. The van der Waals surface area contributed by atoms with Crippen molar-refractivity contribution in [3.8, 4) is 0 Å². The predicted octanol–water partition coefficient (Wildman–Crippen LogP) is 5.31. The first-order valence-corrected chi connectivity index (χ1v) is 16.4. The highest BCUT2D eigenvalue weighted by Gasteiger charge is 2.41. The van der Waals surface area contributed by atoms with Crippen molar-refractivity contribution in [3.05, 3.63) is 94.6 Å². The average molecular weight is 686 g/mol. The zero-order valence-corrected chi connectivity index (χ0v) is 28.7. The molecule has 5 rings (SSSR count). The summed E-state index contributed by atoms with van der Waals surface area (Å²) < 4.78 is 44.7. The van der Waals surface area contributed by atoms with Crippen LogP contribution < -0.4 is 0 Å². The Morgan fingerprint density at radius 2 is 1.55 bits per heavy atom. The Morgan fingerprint density at radius 3 is 2.06 bits per heavy atom. The molecule has 10 nitrogen and oxygen atoms in total. The molecule has 0 spiro atoms. The number of likely N-dealkylation sites (tertiary alicyclic amines) is 1. The molecule has 2 fully saturated rings. The monoisotopic (exact) mass is 685 g/mol. The molecule has 2 aliphatic rings. The third-order valence-corrected chi connectivity index (χ3v) is 9.71. The van der Waals surface area contributed by atoms with Gasteiger partial charge in [0.15, 0.2) is 6.10 Å². The lowest BCUT2D eigenvalue weighted by atomic mass is 9.86. The van der Waals surface area contributed by atoms with Gasteiger partial charge >= 0.3 is 12.1 Å². The van der Waals surface area contributed by atoms with E-state index in [1.807, 2.05) is 18.7 Å². The Balaban J connectivity index is 0.000000418. The first-order valence-electron chi connectivity index (χ1n) is 16.4. The van der Waals surface area contributed by atoms with E-state index >= 15 is 0 Å². The fourth-order valence-corrected chi connectivity index (χ4v) is 6.71. The van der Waals surface area contributed by atoms with Crippen molar-refractivity contribution < 1.29 is 37.7 Å². The van der Waals surface area contributed by atoms with Gasteiger partial charge in [-0.3, -0.25) is 14.6 Å². The second-order valence-electron chi connectivity index (χ2n) is 13.0. The van der Waals surface area contributed by atoms with Gasteiger partial charge in [0.05, 0.1) is 35.2 Å². The highest BCUT2D eigenvalue weighted by Crippen LogP contribution is 2.35. The number of carbonyl (C=O) groups is 2. The van der Waals surface area contributed by atoms with Crippen LogP contribution in [0.5, 0.6) is 0 Å². The van der Waals surface area contributed by atoms with Gasteiger partial charge in [0.25, 0.3) is 5.91 Å². The van der Waals surface area contributed by atoms with E-state index in [9.17, 15) is 22.8 Å².